The number of pyridine rings is 1. The summed E-state index contributed by atoms with van der Waals surface area (Å²) < 4.78 is 14.2. The number of benzene rings is 2. The molecule has 0 radical (unpaired) electrons. The number of halogens is 1. The zero-order valence-corrected chi connectivity index (χ0v) is 16.8. The van der Waals surface area contributed by atoms with Crippen molar-refractivity contribution in [2.45, 2.75) is 6.54 Å². The second-order valence-corrected chi connectivity index (χ2v) is 7.58. The summed E-state index contributed by atoms with van der Waals surface area (Å²) in [4.78, 5) is 33.3. The molecule has 154 valence electrons. The lowest BCUT2D eigenvalue weighted by molar-refractivity contribution is -0.384. The molecule has 9 heteroatoms. The number of anilines is 1. The monoisotopic (exact) mass is 434 g/mol. The Morgan fingerprint density at radius 3 is 2.58 bits per heavy atom. The van der Waals surface area contributed by atoms with E-state index in [-0.39, 0.29) is 24.0 Å². The molecule has 4 aromatic rings. The predicted octanol–water partition coefficient (Wildman–Crippen LogP) is 4.99. The summed E-state index contributed by atoms with van der Waals surface area (Å²) in [7, 11) is 0. The van der Waals surface area contributed by atoms with Gasteiger partial charge in [-0.1, -0.05) is 11.3 Å². The van der Waals surface area contributed by atoms with E-state index in [2.05, 4.69) is 9.97 Å². The number of hydrogen-bond donors (Lipinski definition) is 0. The van der Waals surface area contributed by atoms with Crippen molar-refractivity contribution in [1.82, 2.24) is 9.97 Å². The lowest BCUT2D eigenvalue weighted by Gasteiger charge is -2.18. The Bertz CT molecular complexity index is 1270. The second-order valence-electron chi connectivity index (χ2n) is 6.57. The van der Waals surface area contributed by atoms with Gasteiger partial charge in [0.05, 0.1) is 21.7 Å². The number of amides is 1. The van der Waals surface area contributed by atoms with Crippen molar-refractivity contribution in [1.29, 1.82) is 0 Å². The molecule has 0 aliphatic rings. The van der Waals surface area contributed by atoms with Crippen molar-refractivity contribution in [2.24, 2.45) is 0 Å². The molecule has 0 N–H and O–H groups in total. The van der Waals surface area contributed by atoms with Crippen molar-refractivity contribution in [2.75, 3.05) is 4.90 Å². The summed E-state index contributed by atoms with van der Waals surface area (Å²) in [5.74, 6) is -0.692. The third-order valence-electron chi connectivity index (χ3n) is 4.45. The molecule has 2 aromatic heterocycles. The largest absolute Gasteiger partial charge is 0.280 e. The molecule has 4 rings (SSSR count). The molecule has 0 saturated heterocycles. The number of carbonyl (C=O) groups is 1. The normalized spacial score (nSPS) is 11.1. The summed E-state index contributed by atoms with van der Waals surface area (Å²) in [6.07, 6.45) is 6.24. The highest BCUT2D eigenvalue weighted by atomic mass is 32.1. The first-order valence-corrected chi connectivity index (χ1v) is 10.0. The molecule has 0 aliphatic heterocycles. The number of nitro benzene ring substituents is 1. The number of fused-ring (bicyclic) bond motifs is 1. The molecular weight excluding hydrogens is 419 g/mol. The summed E-state index contributed by atoms with van der Waals surface area (Å²) in [5.41, 5.74) is 2.09. The molecule has 7 nitrogen and oxygen atoms in total. The molecule has 0 unspecified atom stereocenters. The van der Waals surface area contributed by atoms with Crippen LogP contribution >= 0.6 is 11.3 Å². The van der Waals surface area contributed by atoms with Crippen LogP contribution in [0.3, 0.4) is 0 Å². The second kappa shape index (κ2) is 8.80. The van der Waals surface area contributed by atoms with Gasteiger partial charge in [0.1, 0.15) is 5.82 Å². The molecule has 0 bridgehead atoms. The molecule has 0 spiro atoms. The Hall–Kier alpha value is -3.98. The fourth-order valence-electron chi connectivity index (χ4n) is 2.88. The van der Waals surface area contributed by atoms with Crippen LogP contribution in [0.15, 0.2) is 73.1 Å². The average molecular weight is 434 g/mol. The highest BCUT2D eigenvalue weighted by Crippen LogP contribution is 2.30. The molecule has 2 heterocycles. The predicted molar refractivity (Wildman–Crippen MR) is 117 cm³/mol. The summed E-state index contributed by atoms with van der Waals surface area (Å²) in [6.45, 7) is 0.258. The van der Waals surface area contributed by atoms with Gasteiger partial charge >= 0.3 is 0 Å². The van der Waals surface area contributed by atoms with Crippen LogP contribution in [-0.2, 0) is 11.3 Å². The maximum Gasteiger partial charge on any atom is 0.269 e. The maximum absolute atomic E-state index is 13.6. The smallest absolute Gasteiger partial charge is 0.269 e. The van der Waals surface area contributed by atoms with Gasteiger partial charge in [0.25, 0.3) is 11.6 Å². The van der Waals surface area contributed by atoms with Gasteiger partial charge < -0.3 is 0 Å². The number of hydrogen-bond acceptors (Lipinski definition) is 6. The molecule has 31 heavy (non-hydrogen) atoms. The number of non-ortho nitro benzene ring substituents is 1. The molecule has 0 atom stereocenters. The number of nitrogens with zero attached hydrogens (tertiary/aromatic N) is 4. The quantitative estimate of drug-likeness (QED) is 0.242. The van der Waals surface area contributed by atoms with Crippen molar-refractivity contribution >= 4 is 44.4 Å². The SMILES string of the molecule is O=C(/C=C/c1ccc([N+](=O)[O-])cc1)N(Cc1ccncc1)c1nc2ccc(F)cc2s1. The van der Waals surface area contributed by atoms with E-state index in [4.69, 9.17) is 0 Å². The van der Waals surface area contributed by atoms with Crippen LogP contribution in [0.25, 0.3) is 16.3 Å². The van der Waals surface area contributed by atoms with Crippen LogP contribution in [0.1, 0.15) is 11.1 Å². The number of nitro groups is 1. The third kappa shape index (κ3) is 4.78. The molecule has 0 saturated carbocycles. The Morgan fingerprint density at radius 2 is 1.87 bits per heavy atom. The molecular formula is C22H15FN4O3S. The van der Waals surface area contributed by atoms with Gasteiger partial charge in [-0.2, -0.15) is 0 Å². The van der Waals surface area contributed by atoms with Gasteiger partial charge in [-0.05, 0) is 59.7 Å². The Labute approximate surface area is 180 Å². The number of carbonyl (C=O) groups excluding carboxylic acids is 1. The first-order valence-electron chi connectivity index (χ1n) is 9.18. The minimum absolute atomic E-state index is 0.0236. The van der Waals surface area contributed by atoms with Crippen LogP contribution < -0.4 is 4.90 Å². The Kier molecular flexibility index (Phi) is 5.76. The topological polar surface area (TPSA) is 89.2 Å². The highest BCUT2D eigenvalue weighted by Gasteiger charge is 2.19. The van der Waals surface area contributed by atoms with Gasteiger partial charge in [0, 0.05) is 30.6 Å². The van der Waals surface area contributed by atoms with Crippen LogP contribution in [0, 0.1) is 15.9 Å². The summed E-state index contributed by atoms with van der Waals surface area (Å²) in [5, 5.41) is 11.2. The zero-order chi connectivity index (χ0) is 21.8. The highest BCUT2D eigenvalue weighted by molar-refractivity contribution is 7.22. The van der Waals surface area contributed by atoms with E-state index >= 15 is 0 Å². The number of aromatic nitrogens is 2. The lowest BCUT2D eigenvalue weighted by atomic mass is 10.2. The van der Waals surface area contributed by atoms with Crippen LogP contribution in [0.2, 0.25) is 0 Å². The minimum atomic E-state index is -0.481. The molecule has 1 amide bonds. The zero-order valence-electron chi connectivity index (χ0n) is 16.0. The van der Waals surface area contributed by atoms with Gasteiger partial charge in [-0.3, -0.25) is 24.8 Å². The van der Waals surface area contributed by atoms with Crippen molar-refractivity contribution in [3.8, 4) is 0 Å². The van der Waals surface area contributed by atoms with Gasteiger partial charge in [0.15, 0.2) is 5.13 Å². The van der Waals surface area contributed by atoms with Crippen LogP contribution in [-0.4, -0.2) is 20.8 Å². The van der Waals surface area contributed by atoms with E-state index in [0.29, 0.717) is 20.9 Å². The maximum atomic E-state index is 13.6. The summed E-state index contributed by atoms with van der Waals surface area (Å²) in [6, 6.07) is 13.8. The van der Waals surface area contributed by atoms with Crippen LogP contribution in [0.4, 0.5) is 15.2 Å². The molecule has 0 fully saturated rings. The number of thiazole rings is 1. The van der Waals surface area contributed by atoms with E-state index in [0.717, 1.165) is 5.56 Å². The van der Waals surface area contributed by atoms with E-state index < -0.39 is 4.92 Å². The fourth-order valence-corrected chi connectivity index (χ4v) is 3.87. The Balaban J connectivity index is 1.64. The molecule has 2 aromatic carbocycles. The van der Waals surface area contributed by atoms with Crippen molar-refractivity contribution < 1.29 is 14.1 Å². The van der Waals surface area contributed by atoms with E-state index in [1.165, 1.54) is 46.6 Å². The number of rotatable bonds is 6. The molecule has 0 aliphatic carbocycles. The van der Waals surface area contributed by atoms with E-state index in [9.17, 15) is 19.3 Å². The summed E-state index contributed by atoms with van der Waals surface area (Å²) >= 11 is 1.22. The average Bonchev–Trinajstić information content (AvgIpc) is 3.19. The lowest BCUT2D eigenvalue weighted by Crippen LogP contribution is -2.28. The van der Waals surface area contributed by atoms with Crippen molar-refractivity contribution in [3.05, 3.63) is 100 Å². The first-order chi connectivity index (χ1) is 15.0. The fraction of sp³-hybridized carbons (Fsp3) is 0.0455. The van der Waals surface area contributed by atoms with Gasteiger partial charge in [-0.15, -0.1) is 0 Å². The Morgan fingerprint density at radius 1 is 1.13 bits per heavy atom. The van der Waals surface area contributed by atoms with Crippen molar-refractivity contribution in [3.63, 3.8) is 0 Å². The first kappa shape index (κ1) is 20.3. The van der Waals surface area contributed by atoms with Crippen LogP contribution in [0.5, 0.6) is 0 Å². The van der Waals surface area contributed by atoms with Gasteiger partial charge in [0.2, 0.25) is 0 Å². The minimum Gasteiger partial charge on any atom is -0.280 e. The third-order valence-corrected chi connectivity index (χ3v) is 5.49. The van der Waals surface area contributed by atoms with E-state index in [1.807, 2.05) is 0 Å². The standard InChI is InChI=1S/C22H15FN4O3S/c23-17-4-7-19-20(13-17)31-22(25-19)26(14-16-9-11-24-12-10-16)21(28)8-3-15-1-5-18(6-2-15)27(29)30/h1-13H,14H2/b8-3+. The van der Waals surface area contributed by atoms with Gasteiger partial charge in [-0.25, -0.2) is 9.37 Å². The van der Waals surface area contributed by atoms with E-state index in [1.54, 1.807) is 48.8 Å².